The van der Waals surface area contributed by atoms with Crippen LogP contribution in [0.15, 0.2) is 65.7 Å². The zero-order valence-electron chi connectivity index (χ0n) is 16.2. The standard InChI is InChI=1S/C22H20N6O2/c29-21(17-14-23-18-8-4-5-12-28(18)22(17)30)24-16-9-10-19-25-26-20(27(19)13-11-16)15-6-2-1-3-7-15/h1-8,12,14,16H,9-11,13H2,(H,24,29). The number of nitrogens with one attached hydrogen (secondary N) is 1. The van der Waals surface area contributed by atoms with Gasteiger partial charge in [0.1, 0.15) is 17.0 Å². The van der Waals surface area contributed by atoms with Gasteiger partial charge in [0.25, 0.3) is 11.5 Å². The minimum Gasteiger partial charge on any atom is -0.349 e. The number of carbonyl (C=O) groups is 1. The molecule has 4 aromatic rings. The maximum atomic E-state index is 12.8. The van der Waals surface area contributed by atoms with Crippen LogP contribution in [0.3, 0.4) is 0 Å². The van der Waals surface area contributed by atoms with Gasteiger partial charge in [0.2, 0.25) is 0 Å². The smallest absolute Gasteiger partial charge is 0.270 e. The van der Waals surface area contributed by atoms with Gasteiger partial charge >= 0.3 is 0 Å². The summed E-state index contributed by atoms with van der Waals surface area (Å²) in [4.78, 5) is 29.7. The molecule has 30 heavy (non-hydrogen) atoms. The summed E-state index contributed by atoms with van der Waals surface area (Å²) < 4.78 is 3.50. The van der Waals surface area contributed by atoms with Crippen molar-refractivity contribution < 1.29 is 4.79 Å². The molecule has 0 aliphatic carbocycles. The first kappa shape index (κ1) is 18.2. The molecule has 1 N–H and O–H groups in total. The lowest BCUT2D eigenvalue weighted by Crippen LogP contribution is -2.38. The molecule has 0 spiro atoms. The van der Waals surface area contributed by atoms with E-state index in [1.807, 2.05) is 30.3 Å². The van der Waals surface area contributed by atoms with Gasteiger partial charge in [-0.2, -0.15) is 0 Å². The maximum Gasteiger partial charge on any atom is 0.270 e. The zero-order valence-corrected chi connectivity index (χ0v) is 16.2. The van der Waals surface area contributed by atoms with Gasteiger partial charge in [-0.1, -0.05) is 36.4 Å². The van der Waals surface area contributed by atoms with Crippen molar-refractivity contribution in [3.63, 3.8) is 0 Å². The summed E-state index contributed by atoms with van der Waals surface area (Å²) in [5.41, 5.74) is 1.22. The highest BCUT2D eigenvalue weighted by atomic mass is 16.2. The molecule has 1 aromatic carbocycles. The van der Waals surface area contributed by atoms with Crippen molar-refractivity contribution in [1.29, 1.82) is 0 Å². The Balaban J connectivity index is 1.34. The molecule has 3 aromatic heterocycles. The Morgan fingerprint density at radius 2 is 1.87 bits per heavy atom. The number of pyridine rings is 1. The van der Waals surface area contributed by atoms with Crippen molar-refractivity contribution >= 4 is 11.6 Å². The Kier molecular flexibility index (Phi) is 4.59. The molecule has 1 atom stereocenters. The van der Waals surface area contributed by atoms with E-state index in [2.05, 4.69) is 25.1 Å². The summed E-state index contributed by atoms with van der Waals surface area (Å²) in [7, 11) is 0. The Morgan fingerprint density at radius 1 is 1.03 bits per heavy atom. The average molecular weight is 400 g/mol. The number of benzene rings is 1. The Bertz CT molecular complexity index is 1280. The summed E-state index contributed by atoms with van der Waals surface area (Å²) in [5.74, 6) is 1.37. The lowest BCUT2D eigenvalue weighted by molar-refractivity contribution is 0.0931. The number of nitrogens with zero attached hydrogens (tertiary/aromatic N) is 5. The molecule has 5 rings (SSSR count). The third-order valence-corrected chi connectivity index (χ3v) is 5.47. The molecule has 0 bridgehead atoms. The number of amides is 1. The highest BCUT2D eigenvalue weighted by molar-refractivity contribution is 5.93. The molecule has 8 heteroatoms. The minimum absolute atomic E-state index is 0.0484. The fraction of sp³-hybridized carbons (Fsp3) is 0.227. The summed E-state index contributed by atoms with van der Waals surface area (Å²) >= 11 is 0. The van der Waals surface area contributed by atoms with Crippen LogP contribution in [0.4, 0.5) is 0 Å². The van der Waals surface area contributed by atoms with Gasteiger partial charge in [0.15, 0.2) is 5.82 Å². The van der Waals surface area contributed by atoms with Gasteiger partial charge in [0, 0.05) is 37.0 Å². The Labute approximate surface area is 172 Å². The van der Waals surface area contributed by atoms with Crippen molar-refractivity contribution in [2.75, 3.05) is 0 Å². The van der Waals surface area contributed by atoms with E-state index in [0.29, 0.717) is 18.6 Å². The minimum atomic E-state index is -0.392. The van der Waals surface area contributed by atoms with Crippen LogP contribution in [-0.2, 0) is 13.0 Å². The molecule has 0 radical (unpaired) electrons. The van der Waals surface area contributed by atoms with E-state index >= 15 is 0 Å². The molecule has 0 saturated carbocycles. The number of hydrogen-bond acceptors (Lipinski definition) is 5. The summed E-state index contributed by atoms with van der Waals surface area (Å²) in [6.07, 6.45) is 5.15. The molecular formula is C22H20N6O2. The van der Waals surface area contributed by atoms with Crippen molar-refractivity contribution in [3.8, 4) is 11.4 Å². The van der Waals surface area contributed by atoms with Crippen LogP contribution in [0, 0.1) is 0 Å². The first-order chi connectivity index (χ1) is 14.7. The summed E-state index contributed by atoms with van der Waals surface area (Å²) in [6.45, 7) is 0.701. The molecular weight excluding hydrogens is 380 g/mol. The van der Waals surface area contributed by atoms with Gasteiger partial charge in [-0.05, 0) is 25.0 Å². The van der Waals surface area contributed by atoms with Crippen LogP contribution < -0.4 is 10.9 Å². The second-order valence-electron chi connectivity index (χ2n) is 7.36. The van der Waals surface area contributed by atoms with Gasteiger partial charge in [-0.15, -0.1) is 10.2 Å². The van der Waals surface area contributed by atoms with Crippen LogP contribution in [-0.4, -0.2) is 36.1 Å². The topological polar surface area (TPSA) is 94.2 Å². The van der Waals surface area contributed by atoms with E-state index < -0.39 is 5.91 Å². The summed E-state index contributed by atoms with van der Waals surface area (Å²) in [6, 6.07) is 15.2. The maximum absolute atomic E-state index is 12.8. The van der Waals surface area contributed by atoms with Crippen LogP contribution >= 0.6 is 0 Å². The SMILES string of the molecule is O=C(NC1CCc2nnc(-c3ccccc3)n2CC1)c1cnc2ccccn2c1=O. The predicted molar refractivity (Wildman–Crippen MR) is 111 cm³/mol. The van der Waals surface area contributed by atoms with E-state index in [1.165, 1.54) is 10.6 Å². The van der Waals surface area contributed by atoms with E-state index in [9.17, 15) is 9.59 Å². The van der Waals surface area contributed by atoms with E-state index in [4.69, 9.17) is 0 Å². The average Bonchev–Trinajstić information content (AvgIpc) is 3.09. The highest BCUT2D eigenvalue weighted by Crippen LogP contribution is 2.22. The quantitative estimate of drug-likeness (QED) is 0.568. The molecule has 4 heterocycles. The fourth-order valence-electron chi connectivity index (χ4n) is 3.88. The summed E-state index contributed by atoms with van der Waals surface area (Å²) in [5, 5.41) is 11.7. The van der Waals surface area contributed by atoms with Gasteiger partial charge in [-0.25, -0.2) is 4.98 Å². The molecule has 1 aliphatic rings. The Morgan fingerprint density at radius 3 is 2.73 bits per heavy atom. The van der Waals surface area contributed by atoms with Crippen molar-refractivity contribution in [3.05, 3.63) is 82.7 Å². The molecule has 150 valence electrons. The van der Waals surface area contributed by atoms with Crippen molar-refractivity contribution in [2.24, 2.45) is 0 Å². The molecule has 8 nitrogen and oxygen atoms in total. The molecule has 0 saturated heterocycles. The normalized spacial score (nSPS) is 16.1. The second-order valence-corrected chi connectivity index (χ2v) is 7.36. The molecule has 1 unspecified atom stereocenters. The first-order valence-electron chi connectivity index (χ1n) is 9.95. The number of fused-ring (bicyclic) bond motifs is 2. The first-order valence-corrected chi connectivity index (χ1v) is 9.95. The van der Waals surface area contributed by atoms with Crippen LogP contribution in [0.1, 0.15) is 29.0 Å². The number of carbonyl (C=O) groups excluding carboxylic acids is 1. The highest BCUT2D eigenvalue weighted by Gasteiger charge is 2.23. The number of aromatic nitrogens is 5. The predicted octanol–water partition coefficient (Wildman–Crippen LogP) is 2.09. The lowest BCUT2D eigenvalue weighted by Gasteiger charge is -2.16. The van der Waals surface area contributed by atoms with Gasteiger partial charge in [-0.3, -0.25) is 14.0 Å². The number of aryl methyl sites for hydroxylation is 1. The third kappa shape index (κ3) is 3.26. The van der Waals surface area contributed by atoms with Gasteiger partial charge in [0.05, 0.1) is 0 Å². The van der Waals surface area contributed by atoms with Crippen molar-refractivity contribution in [2.45, 2.75) is 31.8 Å². The van der Waals surface area contributed by atoms with Crippen LogP contribution in [0.2, 0.25) is 0 Å². The Hall–Kier alpha value is -3.81. The fourth-order valence-corrected chi connectivity index (χ4v) is 3.88. The largest absolute Gasteiger partial charge is 0.349 e. The second kappa shape index (κ2) is 7.55. The van der Waals surface area contributed by atoms with Gasteiger partial charge < -0.3 is 9.88 Å². The number of hydrogen-bond donors (Lipinski definition) is 1. The lowest BCUT2D eigenvalue weighted by atomic mass is 10.1. The zero-order chi connectivity index (χ0) is 20.5. The van der Waals surface area contributed by atoms with Crippen LogP contribution in [0.5, 0.6) is 0 Å². The molecule has 1 amide bonds. The molecule has 1 aliphatic heterocycles. The number of rotatable bonds is 3. The van der Waals surface area contributed by atoms with Crippen LogP contribution in [0.25, 0.3) is 17.0 Å². The van der Waals surface area contributed by atoms with Crippen molar-refractivity contribution in [1.82, 2.24) is 29.5 Å². The van der Waals surface area contributed by atoms with E-state index in [0.717, 1.165) is 30.1 Å². The molecule has 0 fully saturated rings. The van der Waals surface area contributed by atoms with E-state index in [-0.39, 0.29) is 17.2 Å². The monoisotopic (exact) mass is 400 g/mol. The third-order valence-electron chi connectivity index (χ3n) is 5.47. The van der Waals surface area contributed by atoms with E-state index in [1.54, 1.807) is 24.4 Å².